The van der Waals surface area contributed by atoms with Crippen LogP contribution >= 0.6 is 22.9 Å². The van der Waals surface area contributed by atoms with Gasteiger partial charge >= 0.3 is 0 Å². The number of hydrogen-bond acceptors (Lipinski definition) is 4. The van der Waals surface area contributed by atoms with Gasteiger partial charge in [0.05, 0.1) is 4.34 Å². The van der Waals surface area contributed by atoms with E-state index in [1.54, 1.807) is 16.8 Å². The molecular formula is C16H20ClN3OS. The number of hydrogen-bond donors (Lipinski definition) is 3. The number of nitrogens with two attached hydrogens (primary N) is 1. The van der Waals surface area contributed by atoms with Crippen LogP contribution in [-0.2, 0) is 11.2 Å². The number of carbonyl (C=O) groups is 1. The molecule has 0 atom stereocenters. The molecule has 0 aliphatic rings. The molecule has 0 fully saturated rings. The van der Waals surface area contributed by atoms with Crippen LogP contribution in [0, 0.1) is 0 Å². The lowest BCUT2D eigenvalue weighted by molar-refractivity contribution is -0.109. The number of carbonyl (C=O) groups excluding carboxylic acids is 1. The molecule has 1 aromatic carbocycles. The molecule has 6 heteroatoms. The Balaban J connectivity index is 0.000000541. The van der Waals surface area contributed by atoms with Gasteiger partial charge in [0, 0.05) is 23.2 Å². The molecule has 0 radical (unpaired) electrons. The molecule has 1 aromatic heterocycles. The Morgan fingerprint density at radius 2 is 2.00 bits per heavy atom. The van der Waals surface area contributed by atoms with Gasteiger partial charge in [0.15, 0.2) is 0 Å². The van der Waals surface area contributed by atoms with E-state index in [4.69, 9.17) is 16.4 Å². The monoisotopic (exact) mass is 337 g/mol. The minimum Gasteiger partial charge on any atom is -0.388 e. The third kappa shape index (κ3) is 5.52. The fourth-order valence-electron chi connectivity index (χ4n) is 1.92. The van der Waals surface area contributed by atoms with E-state index < -0.39 is 0 Å². The third-order valence-corrected chi connectivity index (χ3v) is 4.12. The molecule has 0 spiro atoms. The van der Waals surface area contributed by atoms with Gasteiger partial charge in [-0.1, -0.05) is 36.7 Å². The molecule has 118 valence electrons. The van der Waals surface area contributed by atoms with Crippen LogP contribution < -0.4 is 16.6 Å². The van der Waals surface area contributed by atoms with Crippen LogP contribution in [0.5, 0.6) is 0 Å². The van der Waals surface area contributed by atoms with E-state index in [1.807, 2.05) is 19.2 Å². The zero-order valence-corrected chi connectivity index (χ0v) is 14.2. The molecule has 1 heterocycles. The van der Waals surface area contributed by atoms with Crippen molar-refractivity contribution in [3.05, 3.63) is 50.7 Å². The lowest BCUT2D eigenvalue weighted by atomic mass is 10.0. The predicted molar refractivity (Wildman–Crippen MR) is 97.0 cm³/mol. The second kappa shape index (κ2) is 10.00. The number of hydrazine groups is 1. The third-order valence-electron chi connectivity index (χ3n) is 2.92. The number of benzene rings is 1. The van der Waals surface area contributed by atoms with Gasteiger partial charge in [-0.3, -0.25) is 10.2 Å². The van der Waals surface area contributed by atoms with Crippen LogP contribution in [-0.4, -0.2) is 13.5 Å². The van der Waals surface area contributed by atoms with Crippen molar-refractivity contribution < 1.29 is 4.79 Å². The molecule has 2 rings (SSSR count). The fourth-order valence-corrected chi connectivity index (χ4v) is 2.88. The van der Waals surface area contributed by atoms with Crippen molar-refractivity contribution in [2.24, 2.45) is 5.84 Å². The molecule has 0 aliphatic carbocycles. The normalized spacial score (nSPS) is 10.0. The van der Waals surface area contributed by atoms with Crippen LogP contribution in [0.15, 0.2) is 30.3 Å². The minimum absolute atomic E-state index is 0.403. The number of anilines is 1. The fraction of sp³-hybridized carbons (Fsp3) is 0.188. The second-order valence-electron chi connectivity index (χ2n) is 4.24. The molecule has 0 saturated carbocycles. The Labute approximate surface area is 140 Å². The maximum Gasteiger partial charge on any atom is 0.221 e. The van der Waals surface area contributed by atoms with Crippen molar-refractivity contribution in [2.45, 2.75) is 13.3 Å². The number of aryl methyl sites for hydroxylation is 1. The van der Waals surface area contributed by atoms with Gasteiger partial charge in [0.25, 0.3) is 0 Å². The summed E-state index contributed by atoms with van der Waals surface area (Å²) in [7, 11) is 1.95. The zero-order chi connectivity index (χ0) is 16.4. The lowest BCUT2D eigenvalue weighted by Crippen LogP contribution is -2.18. The molecule has 0 saturated heterocycles. The molecule has 4 nitrogen and oxygen atoms in total. The van der Waals surface area contributed by atoms with Gasteiger partial charge in [-0.05, 0) is 36.3 Å². The van der Waals surface area contributed by atoms with Gasteiger partial charge in [-0.2, -0.15) is 0 Å². The van der Waals surface area contributed by atoms with E-state index in [-0.39, 0.29) is 0 Å². The molecule has 0 bridgehead atoms. The van der Waals surface area contributed by atoms with Crippen LogP contribution in [0.25, 0.3) is 12.2 Å². The second-order valence-corrected chi connectivity index (χ2v) is 5.99. The minimum atomic E-state index is 0.403. The lowest BCUT2D eigenvalue weighted by Gasteiger charge is -2.09. The van der Waals surface area contributed by atoms with Crippen molar-refractivity contribution in [1.82, 2.24) is 5.43 Å². The summed E-state index contributed by atoms with van der Waals surface area (Å²) < 4.78 is 0.826. The van der Waals surface area contributed by atoms with E-state index >= 15 is 0 Å². The van der Waals surface area contributed by atoms with Crippen molar-refractivity contribution in [3.8, 4) is 0 Å². The highest BCUT2D eigenvalue weighted by molar-refractivity contribution is 7.17. The number of halogens is 1. The summed E-state index contributed by atoms with van der Waals surface area (Å²) in [6, 6.07) is 10.3. The standard InChI is InChI=1S/C15H16ClNS.CH4N2O/c1-3-11-5-4-6-14(17-2)13(11)9-7-12-8-10-15(16)18-12;2-3-1-4/h4-10,17H,3H2,1-2H3;1H,2H2,(H,3,4)/b9-7+;. The Bertz CT molecular complexity index is 603. The van der Waals surface area contributed by atoms with Crippen molar-refractivity contribution >= 4 is 47.2 Å². The molecule has 4 N–H and O–H groups in total. The molecule has 0 aliphatic heterocycles. The number of rotatable bonds is 5. The molecule has 22 heavy (non-hydrogen) atoms. The Kier molecular flexibility index (Phi) is 8.28. The molecule has 2 aromatic rings. The average molecular weight is 338 g/mol. The largest absolute Gasteiger partial charge is 0.388 e. The smallest absolute Gasteiger partial charge is 0.221 e. The first kappa shape index (κ1) is 18.2. The highest BCUT2D eigenvalue weighted by atomic mass is 35.5. The van der Waals surface area contributed by atoms with Crippen LogP contribution in [0.1, 0.15) is 22.9 Å². The summed E-state index contributed by atoms with van der Waals surface area (Å²) in [6.07, 6.45) is 5.71. The Morgan fingerprint density at radius 3 is 2.50 bits per heavy atom. The van der Waals surface area contributed by atoms with Crippen LogP contribution in [0.3, 0.4) is 0 Å². The Hall–Kier alpha value is -1.82. The summed E-state index contributed by atoms with van der Waals surface area (Å²) in [4.78, 5) is 10.1. The summed E-state index contributed by atoms with van der Waals surface area (Å²) in [6.45, 7) is 2.17. The summed E-state index contributed by atoms with van der Waals surface area (Å²) in [5, 5.41) is 3.24. The number of thiophene rings is 1. The van der Waals surface area contributed by atoms with Gasteiger partial charge in [-0.15, -0.1) is 11.3 Å². The number of nitrogens with one attached hydrogen (secondary N) is 2. The Morgan fingerprint density at radius 1 is 1.27 bits per heavy atom. The average Bonchev–Trinajstić information content (AvgIpc) is 2.98. The maximum atomic E-state index is 8.94. The molecule has 1 amide bonds. The highest BCUT2D eigenvalue weighted by Gasteiger charge is 2.03. The van der Waals surface area contributed by atoms with E-state index in [0.29, 0.717) is 6.41 Å². The van der Waals surface area contributed by atoms with Crippen molar-refractivity contribution in [2.75, 3.05) is 12.4 Å². The van der Waals surface area contributed by atoms with Gasteiger partial charge < -0.3 is 5.32 Å². The van der Waals surface area contributed by atoms with Crippen molar-refractivity contribution in [1.29, 1.82) is 0 Å². The SMILES string of the molecule is CCc1cccc(NC)c1/C=C/c1ccc(Cl)s1.NNC=O. The first-order valence-corrected chi connectivity index (χ1v) is 7.98. The predicted octanol–water partition coefficient (Wildman–Crippen LogP) is 3.78. The number of amides is 1. The molecule has 0 unspecified atom stereocenters. The zero-order valence-electron chi connectivity index (χ0n) is 12.6. The maximum absolute atomic E-state index is 8.94. The van der Waals surface area contributed by atoms with Gasteiger partial charge in [-0.25, -0.2) is 5.84 Å². The quantitative estimate of drug-likeness (QED) is 0.336. The van der Waals surface area contributed by atoms with Crippen molar-refractivity contribution in [3.63, 3.8) is 0 Å². The topological polar surface area (TPSA) is 67.2 Å². The first-order valence-electron chi connectivity index (χ1n) is 6.79. The van der Waals surface area contributed by atoms with E-state index in [2.05, 4.69) is 48.4 Å². The highest BCUT2D eigenvalue weighted by Crippen LogP contribution is 2.26. The van der Waals surface area contributed by atoms with Gasteiger partial charge in [0.2, 0.25) is 6.41 Å². The van der Waals surface area contributed by atoms with E-state index in [9.17, 15) is 0 Å². The summed E-state index contributed by atoms with van der Waals surface area (Å²) in [5.74, 6) is 4.41. The van der Waals surface area contributed by atoms with Crippen LogP contribution in [0.2, 0.25) is 4.34 Å². The van der Waals surface area contributed by atoms with Crippen LogP contribution in [0.4, 0.5) is 5.69 Å². The van der Waals surface area contributed by atoms with Gasteiger partial charge in [0.1, 0.15) is 0 Å². The van der Waals surface area contributed by atoms with E-state index in [0.717, 1.165) is 16.4 Å². The summed E-state index contributed by atoms with van der Waals surface area (Å²) in [5.41, 5.74) is 5.51. The summed E-state index contributed by atoms with van der Waals surface area (Å²) >= 11 is 7.52. The van der Waals surface area contributed by atoms with E-state index in [1.165, 1.54) is 16.0 Å². The molecular weight excluding hydrogens is 318 g/mol. The first-order chi connectivity index (χ1) is 10.7.